The van der Waals surface area contributed by atoms with Gasteiger partial charge in [0.25, 0.3) is 0 Å². The highest BCUT2D eigenvalue weighted by Crippen LogP contribution is 2.33. The van der Waals surface area contributed by atoms with Gasteiger partial charge in [0.2, 0.25) is 0 Å². The zero-order valence-corrected chi connectivity index (χ0v) is 13.2. The summed E-state index contributed by atoms with van der Waals surface area (Å²) in [6.07, 6.45) is 3.57. The van der Waals surface area contributed by atoms with Gasteiger partial charge in [-0.25, -0.2) is 4.98 Å². The SMILES string of the molecule is Cc1ccc2nc(N3CC(Cn4cc(Cl)cn4)C3)sc2c1. The lowest BCUT2D eigenvalue weighted by atomic mass is 10.0. The van der Waals surface area contributed by atoms with E-state index in [0.717, 1.165) is 30.3 Å². The number of hydrogen-bond donors (Lipinski definition) is 0. The number of hydrogen-bond acceptors (Lipinski definition) is 4. The maximum atomic E-state index is 5.89. The molecule has 0 unspecified atom stereocenters. The van der Waals surface area contributed by atoms with E-state index in [1.807, 2.05) is 10.9 Å². The molecule has 0 aliphatic carbocycles. The molecule has 0 amide bonds. The lowest BCUT2D eigenvalue weighted by Crippen LogP contribution is -2.48. The highest BCUT2D eigenvalue weighted by Gasteiger charge is 2.29. The van der Waals surface area contributed by atoms with Crippen molar-refractivity contribution >= 4 is 38.3 Å². The van der Waals surface area contributed by atoms with E-state index in [9.17, 15) is 0 Å². The maximum absolute atomic E-state index is 5.89. The standard InChI is InChI=1S/C15H15ClN4S/c1-10-2-3-13-14(4-10)21-15(18-13)19-6-11(7-19)8-20-9-12(16)5-17-20/h2-5,9,11H,6-8H2,1H3. The van der Waals surface area contributed by atoms with Gasteiger partial charge in [-0.15, -0.1) is 0 Å². The molecule has 1 aliphatic rings. The number of fused-ring (bicyclic) bond motifs is 1. The summed E-state index contributed by atoms with van der Waals surface area (Å²) >= 11 is 7.66. The Kier molecular flexibility index (Phi) is 3.12. The first-order chi connectivity index (χ1) is 10.2. The van der Waals surface area contributed by atoms with Crippen LogP contribution in [0.1, 0.15) is 5.56 Å². The molecule has 6 heteroatoms. The Hall–Kier alpha value is -1.59. The number of nitrogens with zero attached hydrogens (tertiary/aromatic N) is 4. The molecule has 3 heterocycles. The second-order valence-electron chi connectivity index (χ2n) is 5.62. The van der Waals surface area contributed by atoms with Gasteiger partial charge in [0.1, 0.15) is 0 Å². The molecule has 0 radical (unpaired) electrons. The minimum Gasteiger partial charge on any atom is -0.347 e. The predicted octanol–water partition coefficient (Wildman–Crippen LogP) is 3.59. The van der Waals surface area contributed by atoms with Crippen LogP contribution in [-0.2, 0) is 6.54 Å². The van der Waals surface area contributed by atoms with Crippen LogP contribution in [0.15, 0.2) is 30.6 Å². The number of rotatable bonds is 3. The lowest BCUT2D eigenvalue weighted by molar-refractivity contribution is 0.342. The van der Waals surface area contributed by atoms with Gasteiger partial charge in [-0.3, -0.25) is 4.68 Å². The predicted molar refractivity (Wildman–Crippen MR) is 87.3 cm³/mol. The monoisotopic (exact) mass is 318 g/mol. The Labute approximate surface area is 132 Å². The Bertz CT molecular complexity index is 788. The first-order valence-electron chi connectivity index (χ1n) is 6.97. The summed E-state index contributed by atoms with van der Waals surface area (Å²) in [6, 6.07) is 6.43. The van der Waals surface area contributed by atoms with Crippen LogP contribution in [0.25, 0.3) is 10.2 Å². The second kappa shape index (κ2) is 5.00. The number of aryl methyl sites for hydroxylation is 1. The van der Waals surface area contributed by atoms with Crippen molar-refractivity contribution in [2.24, 2.45) is 5.92 Å². The molecule has 0 atom stereocenters. The van der Waals surface area contributed by atoms with Crippen LogP contribution in [0, 0.1) is 12.8 Å². The number of halogens is 1. The van der Waals surface area contributed by atoms with Gasteiger partial charge in [0, 0.05) is 31.7 Å². The van der Waals surface area contributed by atoms with Crippen molar-refractivity contribution in [1.82, 2.24) is 14.8 Å². The molecule has 1 saturated heterocycles. The van der Waals surface area contributed by atoms with Gasteiger partial charge in [-0.2, -0.15) is 5.10 Å². The largest absolute Gasteiger partial charge is 0.347 e. The summed E-state index contributed by atoms with van der Waals surface area (Å²) in [7, 11) is 0. The van der Waals surface area contributed by atoms with Gasteiger partial charge in [0.05, 0.1) is 21.4 Å². The minimum absolute atomic E-state index is 0.620. The maximum Gasteiger partial charge on any atom is 0.186 e. The summed E-state index contributed by atoms with van der Waals surface area (Å²) in [6.45, 7) is 5.12. The first-order valence-corrected chi connectivity index (χ1v) is 8.17. The Balaban J connectivity index is 1.44. The van der Waals surface area contributed by atoms with Crippen molar-refractivity contribution in [3.8, 4) is 0 Å². The Morgan fingerprint density at radius 3 is 3.00 bits per heavy atom. The summed E-state index contributed by atoms with van der Waals surface area (Å²) in [5, 5.41) is 6.06. The van der Waals surface area contributed by atoms with E-state index in [2.05, 4.69) is 35.1 Å². The lowest BCUT2D eigenvalue weighted by Gasteiger charge is -2.39. The zero-order chi connectivity index (χ0) is 14.4. The minimum atomic E-state index is 0.620. The molecule has 2 aromatic heterocycles. The van der Waals surface area contributed by atoms with Gasteiger partial charge in [0.15, 0.2) is 5.13 Å². The van der Waals surface area contributed by atoms with E-state index in [1.54, 1.807) is 17.5 Å². The van der Waals surface area contributed by atoms with Gasteiger partial charge < -0.3 is 4.90 Å². The third-order valence-corrected chi connectivity index (χ3v) is 5.08. The molecule has 3 aromatic rings. The van der Waals surface area contributed by atoms with Gasteiger partial charge >= 0.3 is 0 Å². The molecule has 1 aromatic carbocycles. The number of aromatic nitrogens is 3. The average molecular weight is 319 g/mol. The molecule has 0 spiro atoms. The third-order valence-electron chi connectivity index (χ3n) is 3.81. The molecular weight excluding hydrogens is 304 g/mol. The van der Waals surface area contributed by atoms with Crippen LogP contribution < -0.4 is 4.90 Å². The van der Waals surface area contributed by atoms with E-state index < -0.39 is 0 Å². The third kappa shape index (κ3) is 2.51. The number of thiazole rings is 1. The fourth-order valence-electron chi connectivity index (χ4n) is 2.70. The van der Waals surface area contributed by atoms with E-state index >= 15 is 0 Å². The molecule has 0 saturated carbocycles. The fourth-order valence-corrected chi connectivity index (χ4v) is 3.94. The highest BCUT2D eigenvalue weighted by molar-refractivity contribution is 7.22. The first kappa shape index (κ1) is 13.1. The van der Waals surface area contributed by atoms with Crippen LogP contribution in [0.5, 0.6) is 0 Å². The van der Waals surface area contributed by atoms with Crippen LogP contribution in [0.2, 0.25) is 5.02 Å². The van der Waals surface area contributed by atoms with Crippen LogP contribution in [0.3, 0.4) is 0 Å². The second-order valence-corrected chi connectivity index (χ2v) is 7.06. The van der Waals surface area contributed by atoms with Gasteiger partial charge in [-0.05, 0) is 24.6 Å². The molecule has 21 heavy (non-hydrogen) atoms. The van der Waals surface area contributed by atoms with Crippen LogP contribution in [-0.4, -0.2) is 27.9 Å². The molecule has 0 bridgehead atoms. The molecule has 108 valence electrons. The van der Waals surface area contributed by atoms with Crippen LogP contribution in [0.4, 0.5) is 5.13 Å². The quantitative estimate of drug-likeness (QED) is 0.740. The smallest absolute Gasteiger partial charge is 0.186 e. The zero-order valence-electron chi connectivity index (χ0n) is 11.7. The normalized spacial score (nSPS) is 15.6. The molecule has 0 N–H and O–H groups in total. The van der Waals surface area contributed by atoms with Gasteiger partial charge in [-0.1, -0.05) is 29.0 Å². The van der Waals surface area contributed by atoms with E-state index in [4.69, 9.17) is 16.6 Å². The van der Waals surface area contributed by atoms with Crippen molar-refractivity contribution in [3.63, 3.8) is 0 Å². The number of anilines is 1. The van der Waals surface area contributed by atoms with E-state index in [1.165, 1.54) is 10.3 Å². The Morgan fingerprint density at radius 1 is 1.38 bits per heavy atom. The molecule has 1 aliphatic heterocycles. The van der Waals surface area contributed by atoms with Crippen molar-refractivity contribution < 1.29 is 0 Å². The van der Waals surface area contributed by atoms with E-state index in [-0.39, 0.29) is 0 Å². The fraction of sp³-hybridized carbons (Fsp3) is 0.333. The summed E-state index contributed by atoms with van der Waals surface area (Å²) < 4.78 is 3.19. The topological polar surface area (TPSA) is 34.0 Å². The average Bonchev–Trinajstić information content (AvgIpc) is 2.98. The Morgan fingerprint density at radius 2 is 2.24 bits per heavy atom. The molecule has 4 rings (SSSR count). The summed E-state index contributed by atoms with van der Waals surface area (Å²) in [4.78, 5) is 7.07. The van der Waals surface area contributed by atoms with Crippen molar-refractivity contribution in [2.45, 2.75) is 13.5 Å². The number of benzene rings is 1. The van der Waals surface area contributed by atoms with Crippen molar-refractivity contribution in [3.05, 3.63) is 41.2 Å². The summed E-state index contributed by atoms with van der Waals surface area (Å²) in [5.74, 6) is 0.620. The summed E-state index contributed by atoms with van der Waals surface area (Å²) in [5.41, 5.74) is 2.39. The highest BCUT2D eigenvalue weighted by atomic mass is 35.5. The van der Waals surface area contributed by atoms with Crippen molar-refractivity contribution in [2.75, 3.05) is 18.0 Å². The van der Waals surface area contributed by atoms with Crippen LogP contribution >= 0.6 is 22.9 Å². The molecule has 4 nitrogen and oxygen atoms in total. The molecule has 1 fully saturated rings. The molecular formula is C15H15ClN4S. The van der Waals surface area contributed by atoms with E-state index in [0.29, 0.717) is 10.9 Å². The van der Waals surface area contributed by atoms with Crippen molar-refractivity contribution in [1.29, 1.82) is 0 Å².